The SMILES string of the molecule is CNc1cc(C)c(OC)cc1C(=O)CCl. The Morgan fingerprint density at radius 1 is 1.53 bits per heavy atom. The molecule has 82 valence electrons. The molecule has 0 aliphatic rings. The van der Waals surface area contributed by atoms with E-state index in [1.807, 2.05) is 13.0 Å². The molecule has 0 atom stereocenters. The first-order chi connectivity index (χ1) is 7.13. The highest BCUT2D eigenvalue weighted by atomic mass is 35.5. The van der Waals surface area contributed by atoms with Gasteiger partial charge in [0, 0.05) is 18.3 Å². The van der Waals surface area contributed by atoms with Crippen LogP contribution in [0, 0.1) is 6.92 Å². The number of hydrogen-bond donors (Lipinski definition) is 1. The van der Waals surface area contributed by atoms with Crippen LogP contribution >= 0.6 is 11.6 Å². The molecule has 15 heavy (non-hydrogen) atoms. The largest absolute Gasteiger partial charge is 0.496 e. The lowest BCUT2D eigenvalue weighted by molar-refractivity contribution is 0.102. The van der Waals surface area contributed by atoms with Gasteiger partial charge in [-0.15, -0.1) is 11.6 Å². The predicted octanol–water partition coefficient (Wildman–Crippen LogP) is 2.47. The fraction of sp³-hybridized carbons (Fsp3) is 0.364. The summed E-state index contributed by atoms with van der Waals surface area (Å²) in [5, 5.41) is 2.97. The molecule has 0 fully saturated rings. The van der Waals surface area contributed by atoms with E-state index in [0.717, 1.165) is 11.3 Å². The first kappa shape index (κ1) is 11.9. The first-order valence-electron chi connectivity index (χ1n) is 4.59. The summed E-state index contributed by atoms with van der Waals surface area (Å²) in [6.07, 6.45) is 0. The van der Waals surface area contributed by atoms with Gasteiger partial charge in [0.1, 0.15) is 5.75 Å². The van der Waals surface area contributed by atoms with Crippen LogP contribution in [0.3, 0.4) is 0 Å². The maximum atomic E-state index is 11.5. The number of alkyl halides is 1. The molecule has 0 saturated carbocycles. The Morgan fingerprint density at radius 3 is 2.67 bits per heavy atom. The van der Waals surface area contributed by atoms with E-state index in [4.69, 9.17) is 16.3 Å². The minimum atomic E-state index is -0.112. The Kier molecular flexibility index (Phi) is 3.97. The molecule has 4 heteroatoms. The summed E-state index contributed by atoms with van der Waals surface area (Å²) in [6, 6.07) is 3.59. The molecule has 0 aromatic heterocycles. The smallest absolute Gasteiger partial charge is 0.179 e. The van der Waals surface area contributed by atoms with Crippen LogP contribution in [0.1, 0.15) is 15.9 Å². The second-order valence-corrected chi connectivity index (χ2v) is 3.44. The van der Waals surface area contributed by atoms with Crippen molar-refractivity contribution in [1.82, 2.24) is 0 Å². The van der Waals surface area contributed by atoms with Crippen LogP contribution < -0.4 is 10.1 Å². The number of rotatable bonds is 4. The van der Waals surface area contributed by atoms with Gasteiger partial charge < -0.3 is 10.1 Å². The van der Waals surface area contributed by atoms with Gasteiger partial charge in [0.05, 0.1) is 13.0 Å². The Morgan fingerprint density at radius 2 is 2.20 bits per heavy atom. The highest BCUT2D eigenvalue weighted by Crippen LogP contribution is 2.26. The number of carbonyl (C=O) groups excluding carboxylic acids is 1. The Balaban J connectivity index is 3.28. The highest BCUT2D eigenvalue weighted by Gasteiger charge is 2.12. The summed E-state index contributed by atoms with van der Waals surface area (Å²) >= 11 is 5.53. The van der Waals surface area contributed by atoms with E-state index in [9.17, 15) is 4.79 Å². The number of Topliss-reactive ketones (excluding diaryl/α,β-unsaturated/α-hetero) is 1. The third-order valence-corrected chi connectivity index (χ3v) is 2.47. The maximum absolute atomic E-state index is 11.5. The van der Waals surface area contributed by atoms with Crippen molar-refractivity contribution < 1.29 is 9.53 Å². The van der Waals surface area contributed by atoms with Gasteiger partial charge in [-0.2, -0.15) is 0 Å². The predicted molar refractivity (Wildman–Crippen MR) is 62.3 cm³/mol. The minimum Gasteiger partial charge on any atom is -0.496 e. The van der Waals surface area contributed by atoms with Gasteiger partial charge in [0.25, 0.3) is 0 Å². The third-order valence-electron chi connectivity index (χ3n) is 2.23. The number of anilines is 1. The average Bonchev–Trinajstić information content (AvgIpc) is 2.27. The number of carbonyl (C=O) groups is 1. The van der Waals surface area contributed by atoms with E-state index in [2.05, 4.69) is 5.32 Å². The van der Waals surface area contributed by atoms with E-state index >= 15 is 0 Å². The highest BCUT2D eigenvalue weighted by molar-refractivity contribution is 6.31. The van der Waals surface area contributed by atoms with Crippen LogP contribution in [0.4, 0.5) is 5.69 Å². The number of hydrogen-bond acceptors (Lipinski definition) is 3. The van der Waals surface area contributed by atoms with Gasteiger partial charge in [-0.05, 0) is 24.6 Å². The van der Waals surface area contributed by atoms with Crippen molar-refractivity contribution in [2.75, 3.05) is 25.4 Å². The van der Waals surface area contributed by atoms with Crippen molar-refractivity contribution in [3.63, 3.8) is 0 Å². The monoisotopic (exact) mass is 227 g/mol. The molecule has 1 N–H and O–H groups in total. The Hall–Kier alpha value is -1.22. The Labute approximate surface area is 94.4 Å². The molecule has 1 aromatic carbocycles. The zero-order valence-corrected chi connectivity index (χ0v) is 9.81. The molecule has 3 nitrogen and oxygen atoms in total. The van der Waals surface area contributed by atoms with Gasteiger partial charge in [-0.25, -0.2) is 0 Å². The standard InChI is InChI=1S/C11H14ClNO2/c1-7-4-9(13-2)8(10(14)6-12)5-11(7)15-3/h4-5,13H,6H2,1-3H3. The van der Waals surface area contributed by atoms with Crippen LogP contribution in [-0.2, 0) is 0 Å². The molecule has 1 rings (SSSR count). The number of ketones is 1. The van der Waals surface area contributed by atoms with Crippen molar-refractivity contribution in [1.29, 1.82) is 0 Å². The van der Waals surface area contributed by atoms with E-state index < -0.39 is 0 Å². The van der Waals surface area contributed by atoms with Crippen LogP contribution in [0.15, 0.2) is 12.1 Å². The number of aryl methyl sites for hydroxylation is 1. The molecule has 0 aliphatic heterocycles. The lowest BCUT2D eigenvalue weighted by Gasteiger charge is -2.11. The zero-order valence-electron chi connectivity index (χ0n) is 9.06. The van der Waals surface area contributed by atoms with Gasteiger partial charge in [-0.3, -0.25) is 4.79 Å². The summed E-state index contributed by atoms with van der Waals surface area (Å²) < 4.78 is 5.16. The van der Waals surface area contributed by atoms with E-state index in [1.165, 1.54) is 0 Å². The van der Waals surface area contributed by atoms with Gasteiger partial charge in [0.2, 0.25) is 0 Å². The normalized spacial score (nSPS) is 9.87. The summed E-state index contributed by atoms with van der Waals surface area (Å²) in [4.78, 5) is 11.5. The fourth-order valence-electron chi connectivity index (χ4n) is 1.42. The molecule has 0 spiro atoms. The van der Waals surface area contributed by atoms with Gasteiger partial charge in [0.15, 0.2) is 5.78 Å². The maximum Gasteiger partial charge on any atom is 0.179 e. The van der Waals surface area contributed by atoms with Crippen LogP contribution in [0.5, 0.6) is 5.75 Å². The van der Waals surface area contributed by atoms with Crippen LogP contribution in [0.25, 0.3) is 0 Å². The number of nitrogens with one attached hydrogen (secondary N) is 1. The summed E-state index contributed by atoms with van der Waals surface area (Å²) in [5.74, 6) is 0.558. The van der Waals surface area contributed by atoms with Crippen molar-refractivity contribution in [2.24, 2.45) is 0 Å². The lowest BCUT2D eigenvalue weighted by Crippen LogP contribution is -2.06. The van der Waals surface area contributed by atoms with Crippen LogP contribution in [0.2, 0.25) is 0 Å². The van der Waals surface area contributed by atoms with E-state index in [0.29, 0.717) is 11.3 Å². The van der Waals surface area contributed by atoms with Gasteiger partial charge in [-0.1, -0.05) is 0 Å². The Bertz CT molecular complexity index is 377. The molecular formula is C11H14ClNO2. The second-order valence-electron chi connectivity index (χ2n) is 3.17. The number of halogens is 1. The molecule has 1 aromatic rings. The quantitative estimate of drug-likeness (QED) is 0.634. The molecule has 0 bridgehead atoms. The molecule has 0 amide bonds. The van der Waals surface area contributed by atoms with Crippen molar-refractivity contribution in [3.05, 3.63) is 23.3 Å². The molecule has 0 unspecified atom stereocenters. The molecular weight excluding hydrogens is 214 g/mol. The molecule has 0 radical (unpaired) electrons. The fourth-order valence-corrected chi connectivity index (χ4v) is 1.56. The molecule has 0 aliphatic carbocycles. The number of benzene rings is 1. The topological polar surface area (TPSA) is 38.3 Å². The number of ether oxygens (including phenoxy) is 1. The first-order valence-corrected chi connectivity index (χ1v) is 5.13. The second kappa shape index (κ2) is 5.03. The molecule has 0 heterocycles. The zero-order chi connectivity index (χ0) is 11.4. The van der Waals surface area contributed by atoms with E-state index in [1.54, 1.807) is 20.2 Å². The number of methoxy groups -OCH3 is 1. The summed E-state index contributed by atoms with van der Waals surface area (Å²) in [6.45, 7) is 1.93. The summed E-state index contributed by atoms with van der Waals surface area (Å²) in [5.41, 5.74) is 2.32. The third kappa shape index (κ3) is 2.42. The lowest BCUT2D eigenvalue weighted by atomic mass is 10.1. The van der Waals surface area contributed by atoms with E-state index in [-0.39, 0.29) is 11.7 Å². The average molecular weight is 228 g/mol. The minimum absolute atomic E-state index is 0.0269. The summed E-state index contributed by atoms with van der Waals surface area (Å²) in [7, 11) is 3.35. The van der Waals surface area contributed by atoms with Crippen molar-refractivity contribution in [2.45, 2.75) is 6.92 Å². The van der Waals surface area contributed by atoms with Crippen LogP contribution in [-0.4, -0.2) is 25.8 Å². The molecule has 0 saturated heterocycles. The van der Waals surface area contributed by atoms with Crippen molar-refractivity contribution >= 4 is 23.1 Å². The van der Waals surface area contributed by atoms with Gasteiger partial charge >= 0.3 is 0 Å². The van der Waals surface area contributed by atoms with Crippen molar-refractivity contribution in [3.8, 4) is 5.75 Å².